The van der Waals surface area contributed by atoms with E-state index in [2.05, 4.69) is 10.5 Å². The van der Waals surface area contributed by atoms with E-state index in [1.807, 2.05) is 105 Å². The van der Waals surface area contributed by atoms with Gasteiger partial charge >= 0.3 is 72.9 Å². The van der Waals surface area contributed by atoms with Gasteiger partial charge in [0, 0.05) is 97.2 Å². The highest BCUT2D eigenvalue weighted by atomic mass is 28.7. The van der Waals surface area contributed by atoms with Gasteiger partial charge in [-0.1, -0.05) is 0 Å². The molecule has 12 heterocycles. The van der Waals surface area contributed by atoms with Crippen molar-refractivity contribution >= 4 is 197 Å². The third-order valence-corrected chi connectivity index (χ3v) is 84.6. The lowest BCUT2D eigenvalue weighted by Crippen LogP contribution is -2.89. The van der Waals surface area contributed by atoms with E-state index in [1.54, 1.807) is 55.4 Å². The van der Waals surface area contributed by atoms with Gasteiger partial charge in [-0.25, -0.2) is 0 Å². The first kappa shape index (κ1) is 110. The van der Waals surface area contributed by atoms with Crippen molar-refractivity contribution in [2.75, 3.05) is 105 Å². The number of epoxide rings is 4. The number of nitrogens with zero attached hydrogens (tertiary/aromatic N) is 4. The topological polar surface area (TPSA) is 421 Å². The molecule has 12 aliphatic rings. The number of imide groups is 4. The number of carbonyl (C=O) groups excluding carboxylic acids is 8. The minimum absolute atomic E-state index is 0.0152. The van der Waals surface area contributed by atoms with Crippen molar-refractivity contribution in [3.05, 3.63) is 44.6 Å². The Labute approximate surface area is 804 Å². The van der Waals surface area contributed by atoms with E-state index in [0.29, 0.717) is 148 Å². The molecule has 8 fully saturated rings. The van der Waals surface area contributed by atoms with E-state index in [1.165, 1.54) is 19.6 Å². The molecule has 0 saturated carbocycles. The Balaban J connectivity index is 1.13. The first-order valence-electron chi connectivity index (χ1n) is 46.4. The Morgan fingerprint density at radius 2 is 0.474 bits per heavy atom. The van der Waals surface area contributed by atoms with Gasteiger partial charge < -0.3 is 120 Å². The second-order valence-electron chi connectivity index (χ2n) is 40.9. The summed E-state index contributed by atoms with van der Waals surface area (Å²) in [6.07, 6.45) is 2.17. The lowest BCUT2D eigenvalue weighted by molar-refractivity contribution is -0.139. The molecule has 57 heteroatoms. The molecule has 11 atom stereocenters. The molecule has 0 N–H and O–H groups in total. The van der Waals surface area contributed by atoms with E-state index in [0.717, 1.165) is 0 Å². The Bertz CT molecular complexity index is 4330. The molecule has 0 aromatic rings. The summed E-state index contributed by atoms with van der Waals surface area (Å²) in [6, 6.07) is 1.85. The summed E-state index contributed by atoms with van der Waals surface area (Å²) in [5.41, 5.74) is 2.56. The van der Waals surface area contributed by atoms with E-state index in [4.69, 9.17) is 120 Å². The zero-order valence-electron chi connectivity index (χ0n) is 81.9. The van der Waals surface area contributed by atoms with Crippen molar-refractivity contribution in [2.45, 2.75) is 284 Å². The zero-order chi connectivity index (χ0) is 97.4. The first-order chi connectivity index (χ1) is 61.9. The summed E-state index contributed by atoms with van der Waals surface area (Å²) in [5, 5.41) is 0. The minimum atomic E-state index is -6.09. The van der Waals surface area contributed by atoms with Gasteiger partial charge in [-0.3, -0.25) is 58.0 Å². The van der Waals surface area contributed by atoms with Gasteiger partial charge in [-0.05, 0) is 260 Å². The molecule has 0 aromatic heterocycles. The lowest BCUT2D eigenvalue weighted by atomic mass is 10.2. The van der Waals surface area contributed by atoms with Crippen molar-refractivity contribution < 1.29 is 159 Å². The molecule has 6 bridgehead atoms. The molecule has 0 aliphatic carbocycles. The largest absolute Gasteiger partial charge is 0.651 e. The quantitative estimate of drug-likeness (QED) is 0.0237. The van der Waals surface area contributed by atoms with Crippen molar-refractivity contribution in [3.8, 4) is 0 Å². The summed E-state index contributed by atoms with van der Waals surface area (Å²) in [6.45, 7) is 48.1. The van der Waals surface area contributed by atoms with Crippen LogP contribution in [0, 0.1) is 0 Å². The number of ether oxygens (including phenoxy) is 8. The van der Waals surface area contributed by atoms with Crippen molar-refractivity contribution in [2.24, 2.45) is 0 Å². The van der Waals surface area contributed by atoms with Crippen LogP contribution in [0.1, 0.15) is 107 Å². The molecular formula is C76H140N4O36Si17. The monoisotopic (exact) mass is 2160 g/mol. The Morgan fingerprint density at radius 3 is 0.692 bits per heavy atom. The first-order valence-corrected chi connectivity index (χ1v) is 84.3. The zero-order valence-corrected chi connectivity index (χ0v) is 98.9. The number of carbonyl (C=O) groups is 8. The van der Waals surface area contributed by atoms with Crippen LogP contribution in [-0.2, 0) is 159 Å². The molecule has 40 nitrogen and oxygen atoms in total. The van der Waals surface area contributed by atoms with Crippen LogP contribution in [0.5, 0.6) is 0 Å². The predicted octanol–water partition coefficient (Wildman–Crippen LogP) is 8.73. The fraction of sp³-hybridized carbons (Fsp3) is 0.789. The second kappa shape index (κ2) is 43.6. The number of rotatable bonds is 57. The van der Waals surface area contributed by atoms with Gasteiger partial charge in [0.05, 0.1) is 52.9 Å². The molecule has 12 aliphatic heterocycles. The fourth-order valence-corrected chi connectivity index (χ4v) is 85.2. The van der Waals surface area contributed by atoms with Gasteiger partial charge in [-0.2, -0.15) is 0 Å². The highest BCUT2D eigenvalue weighted by Gasteiger charge is 2.89. The predicted molar refractivity (Wildman–Crippen MR) is 511 cm³/mol. The molecule has 11 unspecified atom stereocenters. The number of hydrogen-bond acceptors (Lipinski definition) is 36. The van der Waals surface area contributed by atoms with Gasteiger partial charge in [-0.15, -0.1) is 0 Å². The molecule has 12 rings (SSSR count). The van der Waals surface area contributed by atoms with E-state index >= 15 is 0 Å². The van der Waals surface area contributed by atoms with Crippen molar-refractivity contribution in [1.29, 1.82) is 0 Å². The average Bonchev–Trinajstić information content (AvgIpc) is 1.59. The van der Waals surface area contributed by atoms with Crippen molar-refractivity contribution in [1.82, 2.24) is 19.6 Å². The molecule has 4 radical (unpaired) electrons. The van der Waals surface area contributed by atoms with Crippen LogP contribution < -0.4 is 0 Å². The van der Waals surface area contributed by atoms with Crippen LogP contribution in [0.3, 0.4) is 0 Å². The van der Waals surface area contributed by atoms with Crippen LogP contribution in [0.25, 0.3) is 0 Å². The molecule has 133 heavy (non-hydrogen) atoms. The summed E-state index contributed by atoms with van der Waals surface area (Å²) in [5.74, 6) is -3.49. The molecule has 748 valence electrons. The summed E-state index contributed by atoms with van der Waals surface area (Å²) in [7, 11) is -71.8. The van der Waals surface area contributed by atoms with Crippen LogP contribution in [-0.4, -0.2) is 347 Å². The maximum Gasteiger partial charge on any atom is 0.651 e. The van der Waals surface area contributed by atoms with E-state index in [-0.39, 0.29) is 126 Å². The third-order valence-electron chi connectivity index (χ3n) is 24.5. The van der Waals surface area contributed by atoms with Gasteiger partial charge in [0.15, 0.2) is 66.5 Å². The number of amides is 8. The second-order valence-corrected chi connectivity index (χ2v) is 96.9. The van der Waals surface area contributed by atoms with Crippen LogP contribution >= 0.6 is 0 Å². The molecule has 0 spiro atoms. The smallest absolute Gasteiger partial charge is 0.414 e. The molecule has 0 aromatic carbocycles. The van der Waals surface area contributed by atoms with Crippen LogP contribution in [0.4, 0.5) is 0 Å². The molecular weight excluding hydrogens is 2020 g/mol. The highest BCUT2D eigenvalue weighted by molar-refractivity contribution is 7.02. The lowest BCUT2D eigenvalue weighted by Gasteiger charge is -2.58. The Kier molecular flexibility index (Phi) is 36.0. The fourth-order valence-electron chi connectivity index (χ4n) is 16.2. The minimum Gasteiger partial charge on any atom is -0.414 e. The highest BCUT2D eigenvalue weighted by Crippen LogP contribution is 2.52. The summed E-state index contributed by atoms with van der Waals surface area (Å²) >= 11 is 0. The maximum atomic E-state index is 14.0. The molecule has 8 amide bonds. The normalized spacial score (nSPS) is 29.9. The summed E-state index contributed by atoms with van der Waals surface area (Å²) < 4.78 is 208. The number of hydrogen-bond donors (Lipinski definition) is 0. The Hall–Kier alpha value is -1.91. The number of fused-ring (bicyclic) bond motifs is 4. The van der Waals surface area contributed by atoms with E-state index in [9.17, 15) is 38.4 Å². The maximum absolute atomic E-state index is 14.0. The average molecular weight is 2160 g/mol. The van der Waals surface area contributed by atoms with Crippen LogP contribution in [0.15, 0.2) is 44.6 Å². The molecule has 8 saturated heterocycles. The SMILES string of the molecule is CC1=C(C)C(=O)N(CCC[Si](C)(C)O[Si]2(O[Si])O[Si]3(O[Si](C)(C)CCCOCC4CO4)O[Si]4(O[Si](C)(C)CCCN5C(=O)C(C)=C(C)C5=O)O[Si](O[Si](C)(C)CCCOCC5CO5)O[Si]5(O[Si](C)(C)CCCOCC6CO6)O[Si](O[Si](C)(C)CCCN6C(=O)C(C)=C(C)C6=O)(O2)O[Si](O[Si](C)(C)CCCOCC2CO2)(O3)O[Si](O[Si](C)(C)CCCN2C(=O)C(C)=C(C)C2=O)(O4)O5)C1=O. The van der Waals surface area contributed by atoms with E-state index < -0.39 is 187 Å². The van der Waals surface area contributed by atoms with Gasteiger partial charge in [0.2, 0.25) is 10.5 Å². The van der Waals surface area contributed by atoms with Crippen LogP contribution in [0.2, 0.25) is 153 Å². The van der Waals surface area contributed by atoms with Gasteiger partial charge in [0.1, 0.15) is 24.4 Å². The Morgan fingerprint density at radius 1 is 0.286 bits per heavy atom. The summed E-state index contributed by atoms with van der Waals surface area (Å²) in [4.78, 5) is 117. The van der Waals surface area contributed by atoms with Gasteiger partial charge in [0.25, 0.3) is 47.3 Å². The standard InChI is InChI=1S/C76H140N4O36Si17/c1-57-58(2)70(82)77(69(57)81)33-25-41-120(11,12)101-127(97-117)108-130(104-122(15,16)43-27-35-79-73(85)61(5)62(6)74(79)86)111-129(103-124(19,20)46-30-38-90-50-66-54-94-66)100-118(98-119(9,10)45-29-37-89-49-65-53-93-65)99-128(102-121(13,14)42-26-34-78-71(83)59(3)60(4)72(78)84)110-131(109-127,106-125(21,22)47-31-39-91-51-67-55-95-67)115-133(114-130,107-126(23,24)48-32-40-92-52-68-56-96-68)116-132(112-128,113-129)105-123(17,18)44-28-36-80-75(87)63(7)64(8)76(80)88/h65-68H,25-56H2,1-24H3. The third kappa shape index (κ3) is 29.7. The van der Waals surface area contributed by atoms with Crippen molar-refractivity contribution in [3.63, 3.8) is 0 Å².